The molecule has 1 saturated carbocycles. The van der Waals surface area contributed by atoms with Crippen molar-refractivity contribution < 1.29 is 13.5 Å². The van der Waals surface area contributed by atoms with Crippen LogP contribution in [0.4, 0.5) is 14.7 Å². The van der Waals surface area contributed by atoms with E-state index in [1.165, 1.54) is 13.8 Å². The van der Waals surface area contributed by atoms with E-state index >= 15 is 0 Å². The third-order valence-electron chi connectivity index (χ3n) is 6.49. The number of ether oxygens (including phenoxy) is 1. The predicted octanol–water partition coefficient (Wildman–Crippen LogP) is 4.47. The van der Waals surface area contributed by atoms with E-state index in [9.17, 15) is 8.78 Å². The molecule has 2 N–H and O–H groups in total. The lowest BCUT2D eigenvalue weighted by Gasteiger charge is -2.34. The van der Waals surface area contributed by atoms with Crippen LogP contribution in [0.5, 0.6) is 5.75 Å². The number of para-hydroxylation sites is 1. The number of halogens is 2. The molecule has 7 nitrogen and oxygen atoms in total. The first-order chi connectivity index (χ1) is 15.3. The van der Waals surface area contributed by atoms with Crippen LogP contribution in [0.1, 0.15) is 55.6 Å². The summed E-state index contributed by atoms with van der Waals surface area (Å²) in [5, 5.41) is 5.44. The second-order valence-corrected chi connectivity index (χ2v) is 8.90. The molecule has 3 heterocycles. The summed E-state index contributed by atoms with van der Waals surface area (Å²) in [7, 11) is 1.59. The van der Waals surface area contributed by atoms with Crippen LogP contribution in [0, 0.1) is 0 Å². The first-order valence-corrected chi connectivity index (χ1v) is 10.5. The van der Waals surface area contributed by atoms with Crippen molar-refractivity contribution in [2.24, 2.45) is 0 Å². The molecule has 0 spiro atoms. The molecule has 32 heavy (non-hydrogen) atoms. The van der Waals surface area contributed by atoms with Crippen molar-refractivity contribution in [2.45, 2.75) is 50.4 Å². The largest absolute Gasteiger partial charge is 0.494 e. The average Bonchev–Trinajstić information content (AvgIpc) is 3.18. The van der Waals surface area contributed by atoms with Crippen molar-refractivity contribution in [2.75, 3.05) is 12.8 Å². The zero-order valence-electron chi connectivity index (χ0n) is 18.1. The maximum Gasteiger partial charge on any atom is 0.249 e. The predicted molar refractivity (Wildman–Crippen MR) is 117 cm³/mol. The van der Waals surface area contributed by atoms with E-state index in [1.54, 1.807) is 23.9 Å². The molecule has 0 atom stereocenters. The minimum absolute atomic E-state index is 0.192. The van der Waals surface area contributed by atoms with Gasteiger partial charge >= 0.3 is 0 Å². The molecule has 166 valence electrons. The van der Waals surface area contributed by atoms with Crippen LogP contribution in [-0.2, 0) is 5.41 Å². The van der Waals surface area contributed by atoms with E-state index in [1.807, 2.05) is 24.3 Å². The van der Waals surface area contributed by atoms with Crippen LogP contribution >= 0.6 is 0 Å². The zero-order chi connectivity index (χ0) is 22.6. The van der Waals surface area contributed by atoms with Gasteiger partial charge in [-0.15, -0.1) is 5.10 Å². The summed E-state index contributed by atoms with van der Waals surface area (Å²) in [5.41, 5.74) is 7.64. The summed E-state index contributed by atoms with van der Waals surface area (Å²) in [4.78, 5) is 13.5. The quantitative estimate of drug-likeness (QED) is 0.494. The molecule has 0 saturated heterocycles. The first kappa shape index (κ1) is 20.5. The molecule has 1 aromatic carbocycles. The molecule has 0 aliphatic heterocycles. The number of nitrogen functional groups attached to an aromatic ring is 1. The number of hydrogen-bond donors (Lipinski definition) is 1. The number of fused-ring (bicyclic) bond motifs is 3. The first-order valence-electron chi connectivity index (χ1n) is 10.5. The Labute approximate surface area is 183 Å². The SMILES string of the molecule is COc1cccc2c1nc(N)n1nc(C3CC(c4ccc(C(C)(C)C(F)F)nc4)C3)nc21. The summed E-state index contributed by atoms with van der Waals surface area (Å²) in [6.45, 7) is 3.02. The lowest BCUT2D eigenvalue weighted by Crippen LogP contribution is -2.28. The highest BCUT2D eigenvalue weighted by Crippen LogP contribution is 2.47. The fourth-order valence-corrected chi connectivity index (χ4v) is 4.22. The average molecular weight is 438 g/mol. The van der Waals surface area contributed by atoms with Gasteiger partial charge in [0.05, 0.1) is 18.2 Å². The van der Waals surface area contributed by atoms with E-state index in [2.05, 4.69) is 15.1 Å². The van der Waals surface area contributed by atoms with Crippen LogP contribution < -0.4 is 10.5 Å². The molecule has 3 aromatic heterocycles. The normalized spacial score (nSPS) is 18.9. The molecule has 1 aliphatic carbocycles. The van der Waals surface area contributed by atoms with E-state index < -0.39 is 11.8 Å². The maximum atomic E-state index is 13.3. The van der Waals surface area contributed by atoms with Gasteiger partial charge in [-0.2, -0.15) is 4.52 Å². The Bertz CT molecular complexity index is 1300. The van der Waals surface area contributed by atoms with Crippen molar-refractivity contribution in [3.63, 3.8) is 0 Å². The third kappa shape index (κ3) is 3.14. The highest BCUT2D eigenvalue weighted by molar-refractivity contribution is 5.95. The number of benzene rings is 1. The Morgan fingerprint density at radius 3 is 2.56 bits per heavy atom. The standard InChI is InChI=1S/C23H24F2N6O/c1-23(2,21(24)25)17-8-7-12(11-27-17)13-9-14(10-13)19-29-20-15-5-4-6-16(32-3)18(15)28-22(26)31(20)30-19/h4-8,11,13-14,21H,9-10H2,1-3H3,(H2,26,28). The number of methoxy groups -OCH3 is 1. The number of anilines is 1. The van der Waals surface area contributed by atoms with Gasteiger partial charge in [-0.25, -0.2) is 18.7 Å². The van der Waals surface area contributed by atoms with Gasteiger partial charge in [-0.05, 0) is 56.4 Å². The topological polar surface area (TPSA) is 91.2 Å². The Morgan fingerprint density at radius 1 is 1.12 bits per heavy atom. The fraction of sp³-hybridized carbons (Fsp3) is 0.391. The summed E-state index contributed by atoms with van der Waals surface area (Å²) in [6.07, 6.45) is 0.988. The Morgan fingerprint density at radius 2 is 1.91 bits per heavy atom. The second kappa shape index (κ2) is 7.36. The number of nitrogens with two attached hydrogens (primary N) is 1. The van der Waals surface area contributed by atoms with Gasteiger partial charge in [0.15, 0.2) is 11.5 Å². The van der Waals surface area contributed by atoms with Crippen molar-refractivity contribution in [1.29, 1.82) is 0 Å². The lowest BCUT2D eigenvalue weighted by atomic mass is 9.71. The molecular weight excluding hydrogens is 414 g/mol. The molecule has 9 heteroatoms. The monoisotopic (exact) mass is 438 g/mol. The number of aromatic nitrogens is 5. The summed E-state index contributed by atoms with van der Waals surface area (Å²) >= 11 is 0. The molecule has 0 bridgehead atoms. The molecule has 0 unspecified atom stereocenters. The molecule has 0 amide bonds. The van der Waals surface area contributed by atoms with E-state index in [-0.39, 0.29) is 11.9 Å². The van der Waals surface area contributed by atoms with Gasteiger partial charge in [0, 0.05) is 17.5 Å². The van der Waals surface area contributed by atoms with E-state index in [0.717, 1.165) is 29.6 Å². The minimum atomic E-state index is -2.46. The number of nitrogens with zero attached hydrogens (tertiary/aromatic N) is 5. The Hall–Kier alpha value is -3.36. The molecular formula is C23H24F2N6O. The van der Waals surface area contributed by atoms with E-state index in [0.29, 0.717) is 28.5 Å². The summed E-state index contributed by atoms with van der Waals surface area (Å²) < 4.78 is 33.5. The highest BCUT2D eigenvalue weighted by atomic mass is 19.3. The number of rotatable bonds is 5. The van der Waals surface area contributed by atoms with Crippen LogP contribution in [0.2, 0.25) is 0 Å². The van der Waals surface area contributed by atoms with Crippen LogP contribution in [-0.4, -0.2) is 38.1 Å². The molecule has 4 aromatic rings. The zero-order valence-corrected chi connectivity index (χ0v) is 18.1. The summed E-state index contributed by atoms with van der Waals surface area (Å²) in [5.74, 6) is 2.12. The molecule has 1 fully saturated rings. The molecule has 5 rings (SSSR count). The smallest absolute Gasteiger partial charge is 0.249 e. The third-order valence-corrected chi connectivity index (χ3v) is 6.49. The number of pyridine rings is 1. The molecule has 0 radical (unpaired) electrons. The van der Waals surface area contributed by atoms with Gasteiger partial charge in [0.2, 0.25) is 12.4 Å². The van der Waals surface area contributed by atoms with Crippen molar-refractivity contribution in [3.8, 4) is 5.75 Å². The lowest BCUT2D eigenvalue weighted by molar-refractivity contribution is 0.0671. The van der Waals surface area contributed by atoms with Gasteiger partial charge in [-0.3, -0.25) is 4.98 Å². The van der Waals surface area contributed by atoms with E-state index in [4.69, 9.17) is 15.5 Å². The Balaban J connectivity index is 1.38. The van der Waals surface area contributed by atoms with Gasteiger partial charge in [0.1, 0.15) is 11.3 Å². The van der Waals surface area contributed by atoms with Crippen molar-refractivity contribution in [1.82, 2.24) is 24.6 Å². The maximum absolute atomic E-state index is 13.3. The van der Waals surface area contributed by atoms with Crippen LogP contribution in [0.25, 0.3) is 16.6 Å². The fourth-order valence-electron chi connectivity index (χ4n) is 4.22. The van der Waals surface area contributed by atoms with Crippen molar-refractivity contribution in [3.05, 3.63) is 53.6 Å². The Kier molecular flexibility index (Phi) is 4.72. The van der Waals surface area contributed by atoms with Gasteiger partial charge < -0.3 is 10.5 Å². The molecule has 1 aliphatic rings. The highest BCUT2D eigenvalue weighted by Gasteiger charge is 2.36. The number of hydrogen-bond acceptors (Lipinski definition) is 6. The van der Waals surface area contributed by atoms with Crippen LogP contribution in [0.3, 0.4) is 0 Å². The van der Waals surface area contributed by atoms with Gasteiger partial charge in [0.25, 0.3) is 0 Å². The van der Waals surface area contributed by atoms with Gasteiger partial charge in [-0.1, -0.05) is 12.1 Å². The van der Waals surface area contributed by atoms with Crippen LogP contribution in [0.15, 0.2) is 36.5 Å². The minimum Gasteiger partial charge on any atom is -0.494 e. The summed E-state index contributed by atoms with van der Waals surface area (Å²) in [6, 6.07) is 9.27. The second-order valence-electron chi connectivity index (χ2n) is 8.90. The van der Waals surface area contributed by atoms with Crippen molar-refractivity contribution >= 4 is 22.5 Å². The number of alkyl halides is 2.